The first-order valence-electron chi connectivity index (χ1n) is 7.56. The van der Waals surface area contributed by atoms with Crippen LogP contribution in [0.5, 0.6) is 5.75 Å². The molecular weight excluding hydrogens is 310 g/mol. The number of carbonyl (C=O) groups excluding carboxylic acids is 1. The Kier molecular flexibility index (Phi) is 4.60. The third kappa shape index (κ3) is 3.81. The maximum Gasteiger partial charge on any atom is 0.291 e. The lowest BCUT2D eigenvalue weighted by molar-refractivity contribution is 0.0995. The quantitative estimate of drug-likeness (QED) is 0.746. The standard InChI is InChI=1S/C17H17N3O4/c1-3-13-8-9-15(23-13)17(21)19-12-4-6-14(7-5-12)22-10-16-18-11(2)20-24-16/h4-9H,3,10H2,1-2H3,(H,19,21). The van der Waals surface area contributed by atoms with E-state index in [0.717, 1.165) is 12.2 Å². The lowest BCUT2D eigenvalue weighted by Crippen LogP contribution is -2.10. The molecule has 0 unspecified atom stereocenters. The van der Waals surface area contributed by atoms with Gasteiger partial charge in [0.1, 0.15) is 11.5 Å². The van der Waals surface area contributed by atoms with Crippen LogP contribution in [0.2, 0.25) is 0 Å². The van der Waals surface area contributed by atoms with Crippen molar-refractivity contribution < 1.29 is 18.5 Å². The highest BCUT2D eigenvalue weighted by Crippen LogP contribution is 2.18. The van der Waals surface area contributed by atoms with Gasteiger partial charge in [0.25, 0.3) is 11.8 Å². The molecule has 0 aliphatic heterocycles. The van der Waals surface area contributed by atoms with Crippen molar-refractivity contribution in [2.45, 2.75) is 26.9 Å². The number of nitrogens with one attached hydrogen (secondary N) is 1. The number of hydrogen-bond donors (Lipinski definition) is 1. The maximum atomic E-state index is 12.1. The van der Waals surface area contributed by atoms with Crippen molar-refractivity contribution in [1.82, 2.24) is 10.1 Å². The van der Waals surface area contributed by atoms with Gasteiger partial charge in [0.05, 0.1) is 0 Å². The van der Waals surface area contributed by atoms with Gasteiger partial charge in [-0.25, -0.2) is 0 Å². The number of ether oxygens (including phenoxy) is 1. The highest BCUT2D eigenvalue weighted by Gasteiger charge is 2.11. The predicted molar refractivity (Wildman–Crippen MR) is 85.8 cm³/mol. The van der Waals surface area contributed by atoms with E-state index in [2.05, 4.69) is 15.5 Å². The molecule has 0 radical (unpaired) electrons. The van der Waals surface area contributed by atoms with E-state index in [1.807, 2.05) is 6.92 Å². The van der Waals surface area contributed by atoms with Crippen molar-refractivity contribution in [3.05, 3.63) is 59.6 Å². The maximum absolute atomic E-state index is 12.1. The molecule has 24 heavy (non-hydrogen) atoms. The number of hydrogen-bond acceptors (Lipinski definition) is 6. The number of amides is 1. The van der Waals surface area contributed by atoms with Crippen molar-refractivity contribution >= 4 is 11.6 Å². The molecule has 2 aromatic heterocycles. The molecule has 2 heterocycles. The van der Waals surface area contributed by atoms with Gasteiger partial charge in [-0.1, -0.05) is 12.1 Å². The fourth-order valence-electron chi connectivity index (χ4n) is 2.06. The molecule has 1 amide bonds. The molecule has 1 N–H and O–H groups in total. The van der Waals surface area contributed by atoms with Crippen LogP contribution in [0.1, 0.15) is 35.0 Å². The van der Waals surface area contributed by atoms with E-state index in [0.29, 0.717) is 28.9 Å². The van der Waals surface area contributed by atoms with Crippen LogP contribution in [0.25, 0.3) is 0 Å². The second-order valence-corrected chi connectivity index (χ2v) is 5.12. The summed E-state index contributed by atoms with van der Waals surface area (Å²) in [6.45, 7) is 3.90. The molecule has 0 saturated carbocycles. The van der Waals surface area contributed by atoms with E-state index < -0.39 is 0 Å². The van der Waals surface area contributed by atoms with Gasteiger partial charge >= 0.3 is 0 Å². The van der Waals surface area contributed by atoms with Crippen LogP contribution in [0.15, 0.2) is 45.3 Å². The SMILES string of the molecule is CCc1ccc(C(=O)Nc2ccc(OCc3nc(C)no3)cc2)o1. The average Bonchev–Trinajstić information content (AvgIpc) is 3.23. The average molecular weight is 327 g/mol. The zero-order valence-corrected chi connectivity index (χ0v) is 13.4. The third-order valence-corrected chi connectivity index (χ3v) is 3.28. The molecule has 3 aromatic rings. The van der Waals surface area contributed by atoms with Gasteiger partial charge in [-0.15, -0.1) is 0 Å². The topological polar surface area (TPSA) is 90.4 Å². The van der Waals surface area contributed by atoms with Crippen LogP contribution >= 0.6 is 0 Å². The minimum Gasteiger partial charge on any atom is -0.484 e. The number of furan rings is 1. The summed E-state index contributed by atoms with van der Waals surface area (Å²) in [7, 11) is 0. The molecule has 7 nitrogen and oxygen atoms in total. The number of aromatic nitrogens is 2. The number of aryl methyl sites for hydroxylation is 2. The zero-order valence-electron chi connectivity index (χ0n) is 13.4. The summed E-state index contributed by atoms with van der Waals surface area (Å²) in [6.07, 6.45) is 0.749. The minimum absolute atomic E-state index is 0.193. The van der Waals surface area contributed by atoms with Crippen molar-refractivity contribution in [1.29, 1.82) is 0 Å². The van der Waals surface area contributed by atoms with Gasteiger partial charge < -0.3 is 19.0 Å². The molecule has 0 saturated heterocycles. The fourth-order valence-corrected chi connectivity index (χ4v) is 2.06. The van der Waals surface area contributed by atoms with Crippen molar-refractivity contribution in [2.75, 3.05) is 5.32 Å². The largest absolute Gasteiger partial charge is 0.484 e. The van der Waals surface area contributed by atoms with Gasteiger partial charge in [0, 0.05) is 12.1 Å². The molecule has 0 bridgehead atoms. The molecule has 124 valence electrons. The Hall–Kier alpha value is -3.09. The Morgan fingerprint density at radius 3 is 2.62 bits per heavy atom. The van der Waals surface area contributed by atoms with Crippen LogP contribution in [-0.4, -0.2) is 16.0 Å². The van der Waals surface area contributed by atoms with E-state index in [1.165, 1.54) is 0 Å². The summed E-state index contributed by atoms with van der Waals surface area (Å²) >= 11 is 0. The first-order valence-corrected chi connectivity index (χ1v) is 7.56. The van der Waals surface area contributed by atoms with E-state index in [-0.39, 0.29) is 12.5 Å². The van der Waals surface area contributed by atoms with Gasteiger partial charge in [0.15, 0.2) is 18.2 Å². The highest BCUT2D eigenvalue weighted by molar-refractivity contribution is 6.02. The van der Waals surface area contributed by atoms with Gasteiger partial charge in [-0.05, 0) is 43.3 Å². The van der Waals surface area contributed by atoms with E-state index in [9.17, 15) is 4.79 Å². The van der Waals surface area contributed by atoms with E-state index in [4.69, 9.17) is 13.7 Å². The summed E-state index contributed by atoms with van der Waals surface area (Å²) in [5, 5.41) is 6.46. The van der Waals surface area contributed by atoms with Crippen molar-refractivity contribution in [3.8, 4) is 5.75 Å². The highest BCUT2D eigenvalue weighted by atomic mass is 16.5. The minimum atomic E-state index is -0.287. The monoisotopic (exact) mass is 327 g/mol. The molecule has 0 spiro atoms. The zero-order chi connectivity index (χ0) is 16.9. The number of carbonyl (C=O) groups is 1. The Bertz CT molecular complexity index is 820. The normalized spacial score (nSPS) is 10.6. The number of benzene rings is 1. The summed E-state index contributed by atoms with van der Waals surface area (Å²) < 4.78 is 15.9. The first-order chi connectivity index (χ1) is 11.6. The molecule has 0 atom stereocenters. The number of anilines is 1. The van der Waals surface area contributed by atoms with Crippen LogP contribution in [0.4, 0.5) is 5.69 Å². The van der Waals surface area contributed by atoms with Crippen LogP contribution in [0, 0.1) is 6.92 Å². The lowest BCUT2D eigenvalue weighted by atomic mass is 10.3. The molecule has 0 aliphatic rings. The summed E-state index contributed by atoms with van der Waals surface area (Å²) in [5.74, 6) is 2.39. The Balaban J connectivity index is 1.56. The molecule has 0 fully saturated rings. The smallest absolute Gasteiger partial charge is 0.291 e. The van der Waals surface area contributed by atoms with Crippen LogP contribution in [0.3, 0.4) is 0 Å². The Labute approximate surface area is 138 Å². The summed E-state index contributed by atoms with van der Waals surface area (Å²) in [4.78, 5) is 16.1. The molecule has 7 heteroatoms. The first kappa shape index (κ1) is 15.8. The van der Waals surface area contributed by atoms with Crippen LogP contribution < -0.4 is 10.1 Å². The van der Waals surface area contributed by atoms with E-state index >= 15 is 0 Å². The second-order valence-electron chi connectivity index (χ2n) is 5.12. The molecule has 3 rings (SSSR count). The van der Waals surface area contributed by atoms with Gasteiger partial charge in [-0.3, -0.25) is 4.79 Å². The fraction of sp³-hybridized carbons (Fsp3) is 0.235. The van der Waals surface area contributed by atoms with Gasteiger partial charge in [0.2, 0.25) is 0 Å². The molecule has 0 aliphatic carbocycles. The predicted octanol–water partition coefficient (Wildman–Crippen LogP) is 3.36. The second kappa shape index (κ2) is 6.99. The Morgan fingerprint density at radius 1 is 1.21 bits per heavy atom. The Morgan fingerprint density at radius 2 is 2.00 bits per heavy atom. The van der Waals surface area contributed by atoms with Crippen molar-refractivity contribution in [3.63, 3.8) is 0 Å². The number of nitrogens with zero attached hydrogens (tertiary/aromatic N) is 2. The third-order valence-electron chi connectivity index (χ3n) is 3.28. The van der Waals surface area contributed by atoms with Crippen LogP contribution in [-0.2, 0) is 13.0 Å². The lowest BCUT2D eigenvalue weighted by Gasteiger charge is -2.06. The number of rotatable bonds is 6. The summed E-state index contributed by atoms with van der Waals surface area (Å²) in [5.41, 5.74) is 0.649. The van der Waals surface area contributed by atoms with E-state index in [1.54, 1.807) is 43.3 Å². The summed E-state index contributed by atoms with van der Waals surface area (Å²) in [6, 6.07) is 10.5. The molecule has 1 aromatic carbocycles. The van der Waals surface area contributed by atoms with Gasteiger partial charge in [-0.2, -0.15) is 4.98 Å². The van der Waals surface area contributed by atoms with Crippen molar-refractivity contribution in [2.24, 2.45) is 0 Å². The molecular formula is C17H17N3O4.